The zero-order chi connectivity index (χ0) is 14.9. The first-order valence-electron chi connectivity index (χ1n) is 6.77. The number of hydrogen-bond acceptors (Lipinski definition) is 3. The third kappa shape index (κ3) is 2.76. The molecule has 0 atom stereocenters. The van der Waals surface area contributed by atoms with Crippen LogP contribution in [0.2, 0.25) is 0 Å². The summed E-state index contributed by atoms with van der Waals surface area (Å²) in [7, 11) is 1.75. The third-order valence-corrected chi connectivity index (χ3v) is 3.66. The quantitative estimate of drug-likeness (QED) is 0.918. The van der Waals surface area contributed by atoms with Gasteiger partial charge in [0, 0.05) is 20.0 Å². The second kappa shape index (κ2) is 5.53. The van der Waals surface area contributed by atoms with E-state index in [0.717, 1.165) is 16.9 Å². The van der Waals surface area contributed by atoms with Gasteiger partial charge in [0.05, 0.1) is 11.4 Å². The van der Waals surface area contributed by atoms with Crippen molar-refractivity contribution in [2.45, 2.75) is 26.2 Å². The molecule has 0 aromatic heterocycles. The minimum atomic E-state index is -0.888. The molecule has 5 heteroatoms. The highest BCUT2D eigenvalue weighted by Gasteiger charge is 2.25. The van der Waals surface area contributed by atoms with Crippen molar-refractivity contribution in [3.63, 3.8) is 0 Å². The van der Waals surface area contributed by atoms with Gasteiger partial charge in [-0.25, -0.2) is 0 Å². The molecule has 1 aliphatic heterocycles. The highest BCUT2D eigenvalue weighted by molar-refractivity contribution is 5.98. The Kier molecular flexibility index (Phi) is 3.97. The average molecular weight is 276 g/mol. The number of anilines is 2. The Morgan fingerprint density at radius 3 is 2.65 bits per heavy atom. The molecule has 1 aromatic rings. The highest BCUT2D eigenvalue weighted by Crippen LogP contribution is 2.34. The lowest BCUT2D eigenvalue weighted by molar-refractivity contribution is -0.135. The summed E-state index contributed by atoms with van der Waals surface area (Å²) in [5.74, 6) is -0.513. The normalized spacial score (nSPS) is 15.3. The summed E-state index contributed by atoms with van der Waals surface area (Å²) in [6.45, 7) is 4.53. The highest BCUT2D eigenvalue weighted by atomic mass is 16.4. The average Bonchev–Trinajstić information content (AvgIpc) is 2.50. The maximum atomic E-state index is 12.0. The lowest BCUT2D eigenvalue weighted by Gasteiger charge is -2.25. The molecule has 0 fully saturated rings. The van der Waals surface area contributed by atoms with Crippen molar-refractivity contribution in [1.29, 1.82) is 0 Å². The van der Waals surface area contributed by atoms with E-state index in [2.05, 4.69) is 13.8 Å². The van der Waals surface area contributed by atoms with E-state index in [4.69, 9.17) is 5.11 Å². The van der Waals surface area contributed by atoms with Crippen molar-refractivity contribution in [2.24, 2.45) is 0 Å². The number of aliphatic carboxylic acids is 1. The minimum absolute atomic E-state index is 0.0139. The Morgan fingerprint density at radius 2 is 2.05 bits per heavy atom. The molecule has 0 radical (unpaired) electrons. The summed E-state index contributed by atoms with van der Waals surface area (Å²) in [5.41, 5.74) is 2.74. The van der Waals surface area contributed by atoms with Crippen molar-refractivity contribution < 1.29 is 14.7 Å². The van der Waals surface area contributed by atoms with Crippen LogP contribution in [-0.4, -0.2) is 37.1 Å². The number of amides is 1. The van der Waals surface area contributed by atoms with E-state index in [0.29, 0.717) is 18.9 Å². The minimum Gasteiger partial charge on any atom is -0.480 e. The van der Waals surface area contributed by atoms with E-state index >= 15 is 0 Å². The molecule has 1 heterocycles. The largest absolute Gasteiger partial charge is 0.480 e. The Morgan fingerprint density at radius 1 is 1.35 bits per heavy atom. The van der Waals surface area contributed by atoms with Crippen LogP contribution in [0.25, 0.3) is 0 Å². The summed E-state index contributed by atoms with van der Waals surface area (Å²) in [6.07, 6.45) is 0.329. The molecule has 108 valence electrons. The number of hydrogen-bond donors (Lipinski definition) is 1. The molecule has 0 bridgehead atoms. The summed E-state index contributed by atoms with van der Waals surface area (Å²) in [5, 5.41) is 9.02. The first-order chi connectivity index (χ1) is 9.40. The zero-order valence-corrected chi connectivity index (χ0v) is 12.1. The van der Waals surface area contributed by atoms with Gasteiger partial charge >= 0.3 is 5.97 Å². The number of carbonyl (C=O) groups is 2. The van der Waals surface area contributed by atoms with Crippen LogP contribution in [0.5, 0.6) is 0 Å². The number of rotatable bonds is 3. The molecule has 0 aliphatic carbocycles. The molecule has 0 unspecified atom stereocenters. The van der Waals surface area contributed by atoms with Gasteiger partial charge in [0.15, 0.2) is 0 Å². The van der Waals surface area contributed by atoms with Crippen molar-refractivity contribution in [1.82, 2.24) is 0 Å². The van der Waals surface area contributed by atoms with E-state index < -0.39 is 5.97 Å². The van der Waals surface area contributed by atoms with Crippen molar-refractivity contribution >= 4 is 23.3 Å². The molecule has 0 saturated carbocycles. The van der Waals surface area contributed by atoms with Crippen LogP contribution >= 0.6 is 0 Å². The van der Waals surface area contributed by atoms with Gasteiger partial charge in [0.25, 0.3) is 0 Å². The summed E-state index contributed by atoms with van der Waals surface area (Å²) >= 11 is 0. The van der Waals surface area contributed by atoms with Crippen LogP contribution in [0.15, 0.2) is 18.2 Å². The molecule has 0 spiro atoms. The first kappa shape index (κ1) is 14.4. The third-order valence-electron chi connectivity index (χ3n) is 3.66. The fraction of sp³-hybridized carbons (Fsp3) is 0.467. The van der Waals surface area contributed by atoms with Gasteiger partial charge < -0.3 is 14.9 Å². The molecular formula is C15H20N2O3. The fourth-order valence-electron chi connectivity index (χ4n) is 2.42. The zero-order valence-electron chi connectivity index (χ0n) is 12.1. The van der Waals surface area contributed by atoms with Gasteiger partial charge in [-0.05, 0) is 23.6 Å². The number of benzene rings is 1. The molecule has 0 saturated heterocycles. The Bertz CT molecular complexity index is 540. The van der Waals surface area contributed by atoms with E-state index in [9.17, 15) is 9.59 Å². The van der Waals surface area contributed by atoms with Crippen LogP contribution in [0.3, 0.4) is 0 Å². The van der Waals surface area contributed by atoms with E-state index in [1.165, 1.54) is 0 Å². The van der Waals surface area contributed by atoms with Gasteiger partial charge in [-0.15, -0.1) is 0 Å². The summed E-state index contributed by atoms with van der Waals surface area (Å²) in [4.78, 5) is 26.4. The van der Waals surface area contributed by atoms with Gasteiger partial charge in [0.2, 0.25) is 5.91 Å². The number of carboxylic acids is 1. The topological polar surface area (TPSA) is 60.9 Å². The lowest BCUT2D eigenvalue weighted by Crippen LogP contribution is -2.30. The van der Waals surface area contributed by atoms with Crippen LogP contribution in [0.1, 0.15) is 31.7 Å². The van der Waals surface area contributed by atoms with E-state index in [-0.39, 0.29) is 12.5 Å². The number of fused-ring (bicyclic) bond motifs is 1. The first-order valence-corrected chi connectivity index (χ1v) is 6.77. The molecule has 2 rings (SSSR count). The molecular weight excluding hydrogens is 256 g/mol. The molecule has 1 aromatic carbocycles. The second-order valence-corrected chi connectivity index (χ2v) is 5.42. The maximum Gasteiger partial charge on any atom is 0.323 e. The second-order valence-electron chi connectivity index (χ2n) is 5.42. The fourth-order valence-corrected chi connectivity index (χ4v) is 2.42. The van der Waals surface area contributed by atoms with Crippen LogP contribution in [-0.2, 0) is 9.59 Å². The van der Waals surface area contributed by atoms with E-state index in [1.807, 2.05) is 18.2 Å². The lowest BCUT2D eigenvalue weighted by atomic mass is 10.0. The van der Waals surface area contributed by atoms with Crippen molar-refractivity contribution in [3.8, 4) is 0 Å². The predicted octanol–water partition coefficient (Wildman–Crippen LogP) is 2.07. The maximum absolute atomic E-state index is 12.0. The van der Waals surface area contributed by atoms with Crippen LogP contribution in [0, 0.1) is 0 Å². The standard InChI is InChI=1S/C15H20N2O3/c1-10(2)11-4-5-12-13(8-11)16(3)14(18)6-7-17(12)9-15(19)20/h4-5,8,10H,6-7,9H2,1-3H3,(H,19,20). The van der Waals surface area contributed by atoms with Gasteiger partial charge in [0.1, 0.15) is 6.54 Å². The molecule has 5 nitrogen and oxygen atoms in total. The molecule has 1 aliphatic rings. The predicted molar refractivity (Wildman–Crippen MR) is 78.4 cm³/mol. The molecule has 1 N–H and O–H groups in total. The summed E-state index contributed by atoms with van der Waals surface area (Å²) < 4.78 is 0. The Hall–Kier alpha value is -2.04. The monoisotopic (exact) mass is 276 g/mol. The molecule has 20 heavy (non-hydrogen) atoms. The van der Waals surface area contributed by atoms with Gasteiger partial charge in [-0.3, -0.25) is 9.59 Å². The Labute approximate surface area is 118 Å². The van der Waals surface area contributed by atoms with Crippen LogP contribution < -0.4 is 9.80 Å². The summed E-state index contributed by atoms with van der Waals surface area (Å²) in [6, 6.07) is 5.91. The van der Waals surface area contributed by atoms with Gasteiger partial charge in [-0.2, -0.15) is 0 Å². The van der Waals surface area contributed by atoms with Crippen molar-refractivity contribution in [2.75, 3.05) is 29.9 Å². The number of nitrogens with zero attached hydrogens (tertiary/aromatic N) is 2. The van der Waals surface area contributed by atoms with Gasteiger partial charge in [-0.1, -0.05) is 19.9 Å². The van der Waals surface area contributed by atoms with Crippen LogP contribution in [0.4, 0.5) is 11.4 Å². The number of carboxylic acid groups (broad SMARTS) is 1. The number of carbonyl (C=O) groups excluding carboxylic acids is 1. The molecule has 1 amide bonds. The Balaban J connectivity index is 2.49. The smallest absolute Gasteiger partial charge is 0.323 e. The van der Waals surface area contributed by atoms with Crippen molar-refractivity contribution in [3.05, 3.63) is 23.8 Å². The van der Waals surface area contributed by atoms with E-state index in [1.54, 1.807) is 16.8 Å². The SMILES string of the molecule is CC(C)c1ccc2c(c1)N(C)C(=O)CCN2CC(=O)O.